The van der Waals surface area contributed by atoms with E-state index in [1.165, 1.54) is 20.3 Å². The van der Waals surface area contributed by atoms with Crippen LogP contribution in [0.15, 0.2) is 47.9 Å². The summed E-state index contributed by atoms with van der Waals surface area (Å²) in [5.74, 6) is -0.147. The fraction of sp³-hybridized carbons (Fsp3) is 0.154. The van der Waals surface area contributed by atoms with Crippen LogP contribution in [0.1, 0.15) is 17.0 Å². The van der Waals surface area contributed by atoms with E-state index in [4.69, 9.17) is 87.4 Å². The van der Waals surface area contributed by atoms with Crippen molar-refractivity contribution in [2.24, 2.45) is 5.73 Å². The summed E-state index contributed by atoms with van der Waals surface area (Å²) in [6, 6.07) is 12.1. The first-order chi connectivity index (χ1) is 18.6. The predicted octanol–water partition coefficient (Wildman–Crippen LogP) is 7.17. The number of hydrogen-bond acceptors (Lipinski definition) is 8. The van der Waals surface area contributed by atoms with Crippen LogP contribution in [0.2, 0.25) is 25.1 Å². The Morgan fingerprint density at radius 1 is 0.949 bits per heavy atom. The standard InChI is InChI=1S/C26H17Cl5N2O6/c1-35-15-6-3-11(7-17(15)36-2)19-13-5-4-12(8-16(13)39-26(33)14(19)9-32)38-18(34)10-37-25-23(30)21(28)20(27)22(29)24(25)31/h3-8,19H,10,33H2,1-2H3. The number of nitrogens with zero attached hydrogens (tertiary/aromatic N) is 1. The molecular formula is C26H17Cl5N2O6. The molecule has 1 atom stereocenters. The van der Waals surface area contributed by atoms with Crippen LogP contribution >= 0.6 is 58.0 Å². The second-order valence-electron chi connectivity index (χ2n) is 7.90. The van der Waals surface area contributed by atoms with Gasteiger partial charge in [0.05, 0.1) is 35.2 Å². The van der Waals surface area contributed by atoms with Gasteiger partial charge in [0.1, 0.15) is 33.2 Å². The van der Waals surface area contributed by atoms with E-state index in [0.29, 0.717) is 28.4 Å². The van der Waals surface area contributed by atoms with Crippen molar-refractivity contribution in [2.45, 2.75) is 5.92 Å². The van der Waals surface area contributed by atoms with E-state index in [0.717, 1.165) is 0 Å². The summed E-state index contributed by atoms with van der Waals surface area (Å²) in [6.07, 6.45) is 0. The van der Waals surface area contributed by atoms with E-state index in [2.05, 4.69) is 6.07 Å². The number of carbonyl (C=O) groups excluding carboxylic acids is 1. The third kappa shape index (κ3) is 5.60. The highest BCUT2D eigenvalue weighted by atomic mass is 35.5. The highest BCUT2D eigenvalue weighted by Crippen LogP contribution is 2.48. The molecule has 39 heavy (non-hydrogen) atoms. The summed E-state index contributed by atoms with van der Waals surface area (Å²) in [6.45, 7) is -0.583. The number of carbonyl (C=O) groups is 1. The Morgan fingerprint density at radius 2 is 1.59 bits per heavy atom. The van der Waals surface area contributed by atoms with E-state index in [-0.39, 0.29) is 48.1 Å². The van der Waals surface area contributed by atoms with Gasteiger partial charge < -0.3 is 29.4 Å². The molecule has 13 heteroatoms. The molecule has 1 aliphatic heterocycles. The fourth-order valence-corrected chi connectivity index (χ4v) is 5.11. The third-order valence-corrected chi connectivity index (χ3v) is 7.91. The summed E-state index contributed by atoms with van der Waals surface area (Å²) >= 11 is 30.3. The van der Waals surface area contributed by atoms with Gasteiger partial charge in [-0.2, -0.15) is 5.26 Å². The number of ether oxygens (including phenoxy) is 5. The highest BCUT2D eigenvalue weighted by Gasteiger charge is 2.32. The van der Waals surface area contributed by atoms with Gasteiger partial charge in [-0.1, -0.05) is 70.1 Å². The molecule has 0 fully saturated rings. The maximum atomic E-state index is 12.5. The van der Waals surface area contributed by atoms with Gasteiger partial charge in [0.15, 0.2) is 23.9 Å². The Kier molecular flexibility index (Phi) is 8.80. The predicted molar refractivity (Wildman–Crippen MR) is 148 cm³/mol. The average Bonchev–Trinajstić information content (AvgIpc) is 2.93. The first kappa shape index (κ1) is 28.8. The Balaban J connectivity index is 1.58. The van der Waals surface area contributed by atoms with Crippen molar-refractivity contribution < 1.29 is 28.5 Å². The molecule has 0 spiro atoms. The van der Waals surface area contributed by atoms with Crippen LogP contribution in [0.4, 0.5) is 0 Å². The maximum Gasteiger partial charge on any atom is 0.349 e. The number of methoxy groups -OCH3 is 2. The van der Waals surface area contributed by atoms with Crippen LogP contribution in [0.5, 0.6) is 28.7 Å². The lowest BCUT2D eigenvalue weighted by Gasteiger charge is -2.27. The summed E-state index contributed by atoms with van der Waals surface area (Å²) in [5.41, 5.74) is 7.62. The number of nitriles is 1. The molecule has 4 rings (SSSR count). The molecule has 2 N–H and O–H groups in total. The number of hydrogen-bond donors (Lipinski definition) is 1. The number of rotatable bonds is 7. The number of allylic oxidation sites excluding steroid dienone is 1. The molecule has 0 amide bonds. The van der Waals surface area contributed by atoms with E-state index in [1.54, 1.807) is 30.3 Å². The van der Waals surface area contributed by atoms with E-state index < -0.39 is 18.5 Å². The highest BCUT2D eigenvalue weighted by molar-refractivity contribution is 6.55. The molecule has 0 aliphatic carbocycles. The second kappa shape index (κ2) is 11.9. The van der Waals surface area contributed by atoms with Crippen LogP contribution in [-0.4, -0.2) is 26.8 Å². The molecule has 1 heterocycles. The minimum Gasteiger partial charge on any atom is -0.493 e. The minimum absolute atomic E-state index is 0.0448. The Hall–Kier alpha value is -3.19. The SMILES string of the molecule is COc1ccc(C2C(C#N)=C(N)Oc3cc(OC(=O)COc4c(Cl)c(Cl)c(Cl)c(Cl)c4Cl)ccc32)cc1OC. The third-order valence-electron chi connectivity index (χ3n) is 5.67. The van der Waals surface area contributed by atoms with Crippen molar-refractivity contribution >= 4 is 64.0 Å². The normalized spacial score (nSPS) is 14.2. The monoisotopic (exact) mass is 628 g/mol. The van der Waals surface area contributed by atoms with Crippen LogP contribution in [-0.2, 0) is 4.79 Å². The van der Waals surface area contributed by atoms with Crippen molar-refractivity contribution in [2.75, 3.05) is 20.8 Å². The summed E-state index contributed by atoms with van der Waals surface area (Å²) in [4.78, 5) is 12.5. The molecule has 3 aromatic carbocycles. The molecule has 0 saturated carbocycles. The molecular weight excluding hydrogens is 614 g/mol. The van der Waals surface area contributed by atoms with E-state index >= 15 is 0 Å². The molecule has 0 radical (unpaired) electrons. The van der Waals surface area contributed by atoms with Crippen molar-refractivity contribution in [3.63, 3.8) is 0 Å². The van der Waals surface area contributed by atoms with Crippen LogP contribution in [0, 0.1) is 11.3 Å². The Morgan fingerprint density at radius 3 is 2.21 bits per heavy atom. The van der Waals surface area contributed by atoms with Gasteiger partial charge in [-0.25, -0.2) is 4.79 Å². The van der Waals surface area contributed by atoms with Crippen molar-refractivity contribution in [3.8, 4) is 34.8 Å². The number of esters is 1. The summed E-state index contributed by atoms with van der Waals surface area (Å²) in [7, 11) is 3.04. The Bertz CT molecular complexity index is 1520. The number of benzene rings is 3. The number of fused-ring (bicyclic) bond motifs is 1. The van der Waals surface area contributed by atoms with Gasteiger partial charge in [0.2, 0.25) is 5.88 Å². The van der Waals surface area contributed by atoms with Crippen LogP contribution < -0.4 is 29.4 Å². The summed E-state index contributed by atoms with van der Waals surface area (Å²) < 4.78 is 27.2. The molecule has 0 saturated heterocycles. The largest absolute Gasteiger partial charge is 0.493 e. The zero-order valence-electron chi connectivity index (χ0n) is 20.1. The lowest BCUT2D eigenvalue weighted by molar-refractivity contribution is -0.136. The average molecular weight is 631 g/mol. The van der Waals surface area contributed by atoms with E-state index in [1.807, 2.05) is 0 Å². The van der Waals surface area contributed by atoms with Gasteiger partial charge in [0.25, 0.3) is 0 Å². The van der Waals surface area contributed by atoms with Crippen molar-refractivity contribution in [1.82, 2.24) is 0 Å². The van der Waals surface area contributed by atoms with Gasteiger partial charge in [-0.15, -0.1) is 0 Å². The first-order valence-electron chi connectivity index (χ1n) is 10.9. The smallest absolute Gasteiger partial charge is 0.349 e. The van der Waals surface area contributed by atoms with Gasteiger partial charge in [0, 0.05) is 11.6 Å². The topological polar surface area (TPSA) is 113 Å². The molecule has 202 valence electrons. The van der Waals surface area contributed by atoms with Crippen LogP contribution in [0.25, 0.3) is 0 Å². The molecule has 1 aliphatic rings. The molecule has 0 bridgehead atoms. The second-order valence-corrected chi connectivity index (χ2v) is 9.79. The maximum absolute atomic E-state index is 12.5. The molecule has 0 aromatic heterocycles. The minimum atomic E-state index is -0.794. The number of nitrogens with two attached hydrogens (primary N) is 1. The van der Waals surface area contributed by atoms with Gasteiger partial charge >= 0.3 is 5.97 Å². The fourth-order valence-electron chi connectivity index (χ4n) is 3.88. The molecule has 3 aromatic rings. The lowest BCUT2D eigenvalue weighted by atomic mass is 9.83. The van der Waals surface area contributed by atoms with Gasteiger partial charge in [-0.05, 0) is 23.8 Å². The zero-order valence-corrected chi connectivity index (χ0v) is 23.9. The Labute approximate surface area is 248 Å². The first-order valence-corrected chi connectivity index (χ1v) is 12.8. The van der Waals surface area contributed by atoms with Crippen LogP contribution in [0.3, 0.4) is 0 Å². The van der Waals surface area contributed by atoms with Crippen molar-refractivity contribution in [3.05, 3.63) is 84.1 Å². The summed E-state index contributed by atoms with van der Waals surface area (Å²) in [5, 5.41) is 9.40. The lowest BCUT2D eigenvalue weighted by Crippen LogP contribution is -2.22. The molecule has 1 unspecified atom stereocenters. The van der Waals surface area contributed by atoms with E-state index in [9.17, 15) is 10.1 Å². The number of halogens is 5. The van der Waals surface area contributed by atoms with Gasteiger partial charge in [-0.3, -0.25) is 0 Å². The van der Waals surface area contributed by atoms with Crippen molar-refractivity contribution in [1.29, 1.82) is 5.26 Å². The zero-order chi connectivity index (χ0) is 28.4. The quantitative estimate of drug-likeness (QED) is 0.127. The molecule has 8 nitrogen and oxygen atoms in total.